The van der Waals surface area contributed by atoms with Gasteiger partial charge < -0.3 is 14.5 Å². The van der Waals surface area contributed by atoms with Gasteiger partial charge in [0.1, 0.15) is 24.6 Å². The smallest absolute Gasteiger partial charge is 0.148 e. The number of rotatable bonds is 2. The van der Waals surface area contributed by atoms with E-state index in [2.05, 4.69) is 37.5 Å². The molecule has 1 aromatic rings. The van der Waals surface area contributed by atoms with Crippen LogP contribution in [-0.2, 0) is 10.2 Å². The van der Waals surface area contributed by atoms with Gasteiger partial charge >= 0.3 is 0 Å². The van der Waals surface area contributed by atoms with E-state index in [0.29, 0.717) is 6.04 Å². The molecule has 1 aliphatic carbocycles. The van der Waals surface area contributed by atoms with Crippen LogP contribution in [0.15, 0.2) is 41.1 Å². The second-order valence-corrected chi connectivity index (χ2v) is 8.21. The van der Waals surface area contributed by atoms with Crippen molar-refractivity contribution in [2.75, 3.05) is 32.6 Å². The van der Waals surface area contributed by atoms with E-state index in [-0.39, 0.29) is 11.3 Å². The van der Waals surface area contributed by atoms with Crippen LogP contribution in [0.3, 0.4) is 0 Å². The number of nitrogens with zero attached hydrogens (tertiary/aromatic N) is 1. The Bertz CT molecular complexity index is 855. The van der Waals surface area contributed by atoms with Gasteiger partial charge in [0.25, 0.3) is 0 Å². The molecule has 0 radical (unpaired) electrons. The predicted molar refractivity (Wildman–Crippen MR) is 97.6 cm³/mol. The molecule has 1 N–H and O–H groups in total. The zero-order chi connectivity index (χ0) is 17.4. The molecular formula is C21H25N2O2+. The summed E-state index contributed by atoms with van der Waals surface area (Å²) < 4.78 is 6.71. The van der Waals surface area contributed by atoms with E-state index in [1.165, 1.54) is 11.1 Å². The average Bonchev–Trinajstić information content (AvgIpc) is 3.14. The van der Waals surface area contributed by atoms with E-state index in [0.717, 1.165) is 59.4 Å². The Morgan fingerprint density at radius 3 is 2.96 bits per heavy atom. The van der Waals surface area contributed by atoms with E-state index < -0.39 is 0 Å². The fraction of sp³-hybridized carbons (Fsp3) is 0.476. The zero-order valence-corrected chi connectivity index (χ0v) is 15.1. The fourth-order valence-electron chi connectivity index (χ4n) is 6.28. The number of ether oxygens (including phenoxy) is 1. The number of methoxy groups -OCH3 is 1. The van der Waals surface area contributed by atoms with Crippen LogP contribution >= 0.6 is 0 Å². The number of hydrogen-bond acceptors (Lipinski definition) is 3. The minimum Gasteiger partial charge on any atom is -0.495 e. The molecule has 2 fully saturated rings. The van der Waals surface area contributed by atoms with Crippen LogP contribution in [0.2, 0.25) is 0 Å². The van der Waals surface area contributed by atoms with Crippen molar-refractivity contribution in [1.29, 1.82) is 0 Å². The molecule has 0 aromatic heterocycles. The maximum absolute atomic E-state index is 12.2. The van der Waals surface area contributed by atoms with Crippen molar-refractivity contribution in [2.45, 2.75) is 31.2 Å². The molecule has 0 amide bonds. The Morgan fingerprint density at radius 2 is 2.24 bits per heavy atom. The summed E-state index contributed by atoms with van der Waals surface area (Å²) in [5.41, 5.74) is 5.90. The van der Waals surface area contributed by atoms with Crippen LogP contribution in [0.4, 0.5) is 5.69 Å². The van der Waals surface area contributed by atoms with E-state index in [9.17, 15) is 4.79 Å². The van der Waals surface area contributed by atoms with E-state index in [1.54, 1.807) is 7.11 Å². The highest BCUT2D eigenvalue weighted by Gasteiger charge is 2.67. The SMILES string of the molecule is C/C=C1\C[N@+]2(C)CC[C@]34C(=C(C=O)[C@H]1C[C@H]32)Nc1c(OC)cccc14. The third kappa shape index (κ3) is 1.59. The van der Waals surface area contributed by atoms with Gasteiger partial charge in [0.2, 0.25) is 0 Å². The van der Waals surface area contributed by atoms with Crippen LogP contribution in [0.1, 0.15) is 25.3 Å². The fourth-order valence-corrected chi connectivity index (χ4v) is 6.28. The number of carbonyl (C=O) groups excluding carboxylic acids is 1. The summed E-state index contributed by atoms with van der Waals surface area (Å²) in [5.74, 6) is 1.15. The number of carbonyl (C=O) groups is 1. The van der Waals surface area contributed by atoms with E-state index in [4.69, 9.17) is 4.74 Å². The van der Waals surface area contributed by atoms with Gasteiger partial charge in [0.15, 0.2) is 0 Å². The summed E-state index contributed by atoms with van der Waals surface area (Å²) >= 11 is 0. The minimum absolute atomic E-state index is 0.0510. The van der Waals surface area contributed by atoms with E-state index >= 15 is 0 Å². The lowest BCUT2D eigenvalue weighted by Crippen LogP contribution is -2.61. The first-order valence-corrected chi connectivity index (χ1v) is 9.22. The summed E-state index contributed by atoms with van der Waals surface area (Å²) in [6.45, 7) is 4.34. The van der Waals surface area contributed by atoms with E-state index in [1.807, 2.05) is 6.07 Å². The maximum atomic E-state index is 12.2. The van der Waals surface area contributed by atoms with Gasteiger partial charge in [-0.3, -0.25) is 4.79 Å². The zero-order valence-electron chi connectivity index (χ0n) is 15.1. The maximum Gasteiger partial charge on any atom is 0.148 e. The highest BCUT2D eigenvalue weighted by Crippen LogP contribution is 2.63. The molecule has 4 heteroatoms. The van der Waals surface area contributed by atoms with Crippen LogP contribution in [0.25, 0.3) is 0 Å². The summed E-state index contributed by atoms with van der Waals surface area (Å²) in [6.07, 6.45) is 5.52. The van der Waals surface area contributed by atoms with Crippen LogP contribution in [0, 0.1) is 5.92 Å². The van der Waals surface area contributed by atoms with Crippen molar-refractivity contribution in [3.63, 3.8) is 0 Å². The number of hydrogen-bond donors (Lipinski definition) is 1. The van der Waals surface area contributed by atoms with Crippen molar-refractivity contribution in [3.05, 3.63) is 46.7 Å². The molecule has 25 heavy (non-hydrogen) atoms. The van der Waals surface area contributed by atoms with Gasteiger partial charge in [0, 0.05) is 30.0 Å². The highest BCUT2D eigenvalue weighted by atomic mass is 16.5. The van der Waals surface area contributed by atoms with Crippen molar-refractivity contribution < 1.29 is 14.0 Å². The predicted octanol–water partition coefficient (Wildman–Crippen LogP) is 3.01. The topological polar surface area (TPSA) is 38.3 Å². The number of likely N-dealkylation sites (N-methyl/N-ethyl adjacent to an activating group) is 1. The first-order valence-electron chi connectivity index (χ1n) is 9.22. The Morgan fingerprint density at radius 1 is 1.40 bits per heavy atom. The third-order valence-electron chi connectivity index (χ3n) is 7.37. The quantitative estimate of drug-likeness (QED) is 0.512. The van der Waals surface area contributed by atoms with Crippen molar-refractivity contribution in [3.8, 4) is 5.75 Å². The van der Waals surface area contributed by atoms with Crippen molar-refractivity contribution in [1.82, 2.24) is 0 Å². The molecule has 1 spiro atoms. The van der Waals surface area contributed by atoms with Gasteiger partial charge in [-0.15, -0.1) is 0 Å². The molecule has 0 saturated carbocycles. The standard InChI is InChI=1S/C21H24N2O2/c1-4-13-11-23(2)9-8-21-16-6-5-7-17(25-3)19(16)22-20(21)15(12-24)14(13)10-18(21)23/h4-7,12,14,18H,8-11H2,1-3H3/p+1/b13-4+/t14-,18+,21+,23-/m0/s1. The second kappa shape index (κ2) is 4.76. The number of anilines is 1. The number of allylic oxidation sites excluding steroid dienone is 2. The summed E-state index contributed by atoms with van der Waals surface area (Å²) in [5, 5.41) is 3.65. The first-order chi connectivity index (χ1) is 12.1. The molecule has 4 atom stereocenters. The Balaban J connectivity index is 1.84. The summed E-state index contributed by atoms with van der Waals surface area (Å²) in [7, 11) is 4.12. The molecule has 1 aromatic carbocycles. The minimum atomic E-state index is -0.0510. The number of benzene rings is 1. The number of aldehydes is 1. The van der Waals surface area contributed by atoms with Gasteiger partial charge in [-0.25, -0.2) is 0 Å². The molecule has 4 aliphatic rings. The molecule has 130 valence electrons. The number of piperidine rings is 1. The lowest BCUT2D eigenvalue weighted by molar-refractivity contribution is -0.923. The van der Waals surface area contributed by atoms with Crippen LogP contribution in [0.5, 0.6) is 5.75 Å². The van der Waals surface area contributed by atoms with Crippen molar-refractivity contribution >= 4 is 12.0 Å². The molecule has 3 aliphatic heterocycles. The Labute approximate surface area is 148 Å². The number of fused-ring (bicyclic) bond motifs is 2. The Kier molecular flexibility index (Phi) is 2.89. The number of para-hydroxylation sites is 1. The molecule has 2 saturated heterocycles. The third-order valence-corrected chi connectivity index (χ3v) is 7.37. The summed E-state index contributed by atoms with van der Waals surface area (Å²) in [6, 6.07) is 6.86. The van der Waals surface area contributed by atoms with Crippen LogP contribution in [-0.4, -0.2) is 44.1 Å². The van der Waals surface area contributed by atoms with Gasteiger partial charge in [0.05, 0.1) is 31.8 Å². The molecule has 4 nitrogen and oxygen atoms in total. The number of nitrogens with one attached hydrogen (secondary N) is 1. The Hall–Kier alpha value is -2.07. The lowest BCUT2D eigenvalue weighted by atomic mass is 9.61. The van der Waals surface area contributed by atoms with Crippen molar-refractivity contribution in [2.24, 2.45) is 5.92 Å². The molecular weight excluding hydrogens is 312 g/mol. The largest absolute Gasteiger partial charge is 0.495 e. The van der Waals surface area contributed by atoms with Gasteiger partial charge in [-0.1, -0.05) is 18.2 Å². The van der Waals surface area contributed by atoms with Gasteiger partial charge in [-0.2, -0.15) is 0 Å². The highest BCUT2D eigenvalue weighted by molar-refractivity contribution is 5.86. The second-order valence-electron chi connectivity index (χ2n) is 8.21. The summed E-state index contributed by atoms with van der Waals surface area (Å²) in [4.78, 5) is 12.2. The number of quaternary nitrogens is 1. The lowest BCUT2D eigenvalue weighted by Gasteiger charge is -2.51. The van der Waals surface area contributed by atoms with Gasteiger partial charge in [-0.05, 0) is 24.1 Å². The first kappa shape index (κ1) is 15.2. The molecule has 3 heterocycles. The van der Waals surface area contributed by atoms with Crippen LogP contribution < -0.4 is 10.1 Å². The molecule has 5 rings (SSSR count). The molecule has 0 unspecified atom stereocenters. The average molecular weight is 337 g/mol. The normalized spacial score (nSPS) is 39.1. The molecule has 2 bridgehead atoms. The monoisotopic (exact) mass is 337 g/mol.